The van der Waals surface area contributed by atoms with Crippen molar-refractivity contribution in [3.63, 3.8) is 0 Å². The Bertz CT molecular complexity index is 1650. The summed E-state index contributed by atoms with van der Waals surface area (Å²) in [6.45, 7) is 3.82. The topological polar surface area (TPSA) is 89.3 Å². The molecule has 1 aliphatic rings. The van der Waals surface area contributed by atoms with Gasteiger partial charge in [0, 0.05) is 28.7 Å². The fourth-order valence-electron chi connectivity index (χ4n) is 4.36. The van der Waals surface area contributed by atoms with Crippen LogP contribution < -0.4 is 14.9 Å². The van der Waals surface area contributed by atoms with Gasteiger partial charge in [-0.2, -0.15) is 0 Å². The third kappa shape index (κ3) is 5.98. The smallest absolute Gasteiger partial charge is 0.254 e. The minimum Gasteiger partial charge on any atom is -0.464 e. The van der Waals surface area contributed by atoms with E-state index >= 15 is 0 Å². The van der Waals surface area contributed by atoms with E-state index in [2.05, 4.69) is 6.58 Å². The van der Waals surface area contributed by atoms with Crippen LogP contribution in [0.25, 0.3) is 11.0 Å². The first-order valence-corrected chi connectivity index (χ1v) is 13.1. The molecule has 4 aromatic rings. The van der Waals surface area contributed by atoms with E-state index in [4.69, 9.17) is 37.1 Å². The molecule has 1 aliphatic heterocycles. The zero-order valence-electron chi connectivity index (χ0n) is 21.3. The molecule has 0 fully saturated rings. The van der Waals surface area contributed by atoms with Gasteiger partial charge in [0.2, 0.25) is 12.7 Å². The van der Waals surface area contributed by atoms with Gasteiger partial charge in [0.25, 0.3) is 5.91 Å². The second-order valence-corrected chi connectivity index (χ2v) is 10.0. The van der Waals surface area contributed by atoms with Crippen molar-refractivity contribution in [1.82, 2.24) is 9.80 Å². The number of fused-ring (bicyclic) bond motifs is 2. The molecule has 1 aromatic heterocycles. The summed E-state index contributed by atoms with van der Waals surface area (Å²) in [4.78, 5) is 43.2. The number of carbonyl (C=O) groups is 2. The second-order valence-electron chi connectivity index (χ2n) is 9.15. The third-order valence-electron chi connectivity index (χ3n) is 6.38. The molecule has 0 bridgehead atoms. The summed E-state index contributed by atoms with van der Waals surface area (Å²) in [6, 6.07) is 16.6. The maximum absolute atomic E-state index is 13.8. The number of carbonyl (C=O) groups excluding carboxylic acids is 2. The molecular formula is C30H24Cl2N2O6. The molecule has 3 aromatic carbocycles. The van der Waals surface area contributed by atoms with Crippen LogP contribution in [0.3, 0.4) is 0 Å². The second kappa shape index (κ2) is 11.9. The molecule has 0 saturated heterocycles. The van der Waals surface area contributed by atoms with Gasteiger partial charge in [0.15, 0.2) is 16.9 Å². The van der Waals surface area contributed by atoms with Crippen LogP contribution in [0.2, 0.25) is 10.0 Å². The maximum atomic E-state index is 13.8. The Labute approximate surface area is 239 Å². The Hall–Kier alpha value is -4.27. The molecular weight excluding hydrogens is 555 g/mol. The van der Waals surface area contributed by atoms with Crippen LogP contribution in [0.15, 0.2) is 88.8 Å². The van der Waals surface area contributed by atoms with E-state index in [1.165, 1.54) is 22.1 Å². The Kier molecular flexibility index (Phi) is 8.09. The Morgan fingerprint density at radius 3 is 2.42 bits per heavy atom. The molecule has 40 heavy (non-hydrogen) atoms. The van der Waals surface area contributed by atoms with Crippen molar-refractivity contribution in [2.45, 2.75) is 13.1 Å². The Morgan fingerprint density at radius 2 is 1.65 bits per heavy atom. The van der Waals surface area contributed by atoms with E-state index in [1.54, 1.807) is 54.6 Å². The van der Waals surface area contributed by atoms with Crippen molar-refractivity contribution in [2.24, 2.45) is 0 Å². The van der Waals surface area contributed by atoms with E-state index in [-0.39, 0.29) is 55.8 Å². The first-order chi connectivity index (χ1) is 19.3. The molecule has 2 amide bonds. The molecule has 0 saturated carbocycles. The van der Waals surface area contributed by atoms with Gasteiger partial charge in [-0.1, -0.05) is 35.3 Å². The third-order valence-corrected chi connectivity index (χ3v) is 6.87. The molecule has 0 atom stereocenters. The minimum atomic E-state index is -0.382. The number of amides is 2. The Balaban J connectivity index is 1.45. The zero-order valence-corrected chi connectivity index (χ0v) is 22.8. The largest absolute Gasteiger partial charge is 0.464 e. The highest BCUT2D eigenvalue weighted by atomic mass is 35.5. The van der Waals surface area contributed by atoms with Crippen molar-refractivity contribution in [3.8, 4) is 11.5 Å². The molecule has 0 unspecified atom stereocenters. The van der Waals surface area contributed by atoms with Crippen molar-refractivity contribution < 1.29 is 23.5 Å². The van der Waals surface area contributed by atoms with E-state index in [1.807, 2.05) is 6.07 Å². The van der Waals surface area contributed by atoms with Gasteiger partial charge in [-0.3, -0.25) is 14.4 Å². The van der Waals surface area contributed by atoms with Gasteiger partial charge < -0.3 is 23.7 Å². The summed E-state index contributed by atoms with van der Waals surface area (Å²) in [5.41, 5.74) is 1.49. The number of ether oxygens (including phenoxy) is 2. The van der Waals surface area contributed by atoms with E-state index in [9.17, 15) is 14.4 Å². The first-order valence-electron chi connectivity index (χ1n) is 12.3. The van der Waals surface area contributed by atoms with Crippen LogP contribution >= 0.6 is 23.2 Å². The highest BCUT2D eigenvalue weighted by molar-refractivity contribution is 6.31. The van der Waals surface area contributed by atoms with Crippen LogP contribution in [0.1, 0.15) is 21.5 Å². The number of hydrogen-bond donors (Lipinski definition) is 0. The van der Waals surface area contributed by atoms with Crippen LogP contribution in [-0.2, 0) is 17.9 Å². The van der Waals surface area contributed by atoms with Crippen LogP contribution in [-0.4, -0.2) is 41.5 Å². The van der Waals surface area contributed by atoms with Gasteiger partial charge in [-0.05, 0) is 60.2 Å². The van der Waals surface area contributed by atoms with E-state index < -0.39 is 0 Å². The van der Waals surface area contributed by atoms with Crippen molar-refractivity contribution in [2.75, 3.05) is 19.9 Å². The minimum absolute atomic E-state index is 0.0604. The normalized spacial score (nSPS) is 11.8. The lowest BCUT2D eigenvalue weighted by molar-refractivity contribution is -0.133. The summed E-state index contributed by atoms with van der Waals surface area (Å²) in [7, 11) is 0. The monoisotopic (exact) mass is 578 g/mol. The zero-order chi connectivity index (χ0) is 28.2. The lowest BCUT2D eigenvalue weighted by Crippen LogP contribution is -2.43. The molecule has 0 spiro atoms. The standard InChI is InChI=1S/C30H24Cl2N2O6/c1-2-11-33(30(37)20-4-6-22(31)7-5-20)16-28(35)34(14-19-3-9-26-27(12-19)40-18-39-26)15-21-17-38-25-10-8-23(32)13-24(25)29(21)36/h2-10,12-13,17H,1,11,14-16,18H2. The highest BCUT2D eigenvalue weighted by Gasteiger charge is 2.24. The lowest BCUT2D eigenvalue weighted by atomic mass is 10.1. The molecule has 2 heterocycles. The molecule has 5 rings (SSSR count). The molecule has 10 heteroatoms. The predicted molar refractivity (Wildman–Crippen MR) is 152 cm³/mol. The summed E-state index contributed by atoms with van der Waals surface area (Å²) in [5.74, 6) is 0.440. The summed E-state index contributed by atoms with van der Waals surface area (Å²) in [5, 5.41) is 1.20. The predicted octanol–water partition coefficient (Wildman–Crippen LogP) is 5.69. The SMILES string of the molecule is C=CCN(CC(=O)N(Cc1ccc2c(c1)OCO2)Cc1coc2ccc(Cl)cc2c1=O)C(=O)c1ccc(Cl)cc1. The van der Waals surface area contributed by atoms with Crippen LogP contribution in [0.4, 0.5) is 0 Å². The first kappa shape index (κ1) is 27.3. The van der Waals surface area contributed by atoms with E-state index in [0.717, 1.165) is 5.56 Å². The molecule has 8 nitrogen and oxygen atoms in total. The molecule has 0 radical (unpaired) electrons. The van der Waals surface area contributed by atoms with Crippen molar-refractivity contribution in [1.29, 1.82) is 0 Å². The molecule has 0 aliphatic carbocycles. The number of rotatable bonds is 9. The number of benzene rings is 3. The van der Waals surface area contributed by atoms with Gasteiger partial charge >= 0.3 is 0 Å². The molecule has 0 N–H and O–H groups in total. The number of nitrogens with zero attached hydrogens (tertiary/aromatic N) is 2. The van der Waals surface area contributed by atoms with Gasteiger partial charge in [-0.15, -0.1) is 6.58 Å². The number of halogens is 2. The average Bonchev–Trinajstić information content (AvgIpc) is 3.42. The fourth-order valence-corrected chi connectivity index (χ4v) is 4.66. The molecule has 204 valence electrons. The fraction of sp³-hybridized carbons (Fsp3) is 0.167. The van der Waals surface area contributed by atoms with Crippen molar-refractivity contribution >= 4 is 46.0 Å². The summed E-state index contributed by atoms with van der Waals surface area (Å²) >= 11 is 12.1. The lowest BCUT2D eigenvalue weighted by Gasteiger charge is -2.27. The van der Waals surface area contributed by atoms with Gasteiger partial charge in [0.1, 0.15) is 12.1 Å². The summed E-state index contributed by atoms with van der Waals surface area (Å²) in [6.07, 6.45) is 2.89. The highest BCUT2D eigenvalue weighted by Crippen LogP contribution is 2.33. The van der Waals surface area contributed by atoms with E-state index in [0.29, 0.717) is 38.1 Å². The Morgan fingerprint density at radius 1 is 0.900 bits per heavy atom. The average molecular weight is 579 g/mol. The maximum Gasteiger partial charge on any atom is 0.254 e. The summed E-state index contributed by atoms with van der Waals surface area (Å²) < 4.78 is 16.6. The van der Waals surface area contributed by atoms with Crippen LogP contribution in [0.5, 0.6) is 11.5 Å². The van der Waals surface area contributed by atoms with Crippen LogP contribution in [0, 0.1) is 0 Å². The van der Waals surface area contributed by atoms with Gasteiger partial charge in [0.05, 0.1) is 23.8 Å². The number of hydrogen-bond acceptors (Lipinski definition) is 6. The van der Waals surface area contributed by atoms with Crippen molar-refractivity contribution in [3.05, 3.63) is 117 Å². The quantitative estimate of drug-likeness (QED) is 0.237. The van der Waals surface area contributed by atoms with Gasteiger partial charge in [-0.25, -0.2) is 0 Å².